The first-order valence-corrected chi connectivity index (χ1v) is 6.54. The van der Waals surface area contributed by atoms with Gasteiger partial charge in [-0.3, -0.25) is 0 Å². The minimum Gasteiger partial charge on any atom is -0.365 e. The summed E-state index contributed by atoms with van der Waals surface area (Å²) in [5.41, 5.74) is 3.96. The summed E-state index contributed by atoms with van der Waals surface area (Å²) in [5, 5.41) is 0. The third-order valence-corrected chi connectivity index (χ3v) is 3.18. The molecule has 0 saturated heterocycles. The van der Waals surface area contributed by atoms with Crippen molar-refractivity contribution < 1.29 is 0 Å². The fraction of sp³-hybridized carbons (Fsp3) is 0.294. The molecule has 0 atom stereocenters. The van der Waals surface area contributed by atoms with Crippen LogP contribution in [0, 0.1) is 6.92 Å². The molecule has 0 aromatic heterocycles. The Morgan fingerprint density at radius 1 is 0.889 bits per heavy atom. The average Bonchev–Trinajstić information content (AvgIpc) is 2.38. The van der Waals surface area contributed by atoms with Crippen molar-refractivity contribution >= 4 is 5.69 Å². The second-order valence-electron chi connectivity index (χ2n) is 5.04. The van der Waals surface area contributed by atoms with Gasteiger partial charge in [-0.1, -0.05) is 48.0 Å². The van der Waals surface area contributed by atoms with Crippen LogP contribution in [-0.2, 0) is 6.54 Å². The van der Waals surface area contributed by atoms with Gasteiger partial charge < -0.3 is 4.90 Å². The summed E-state index contributed by atoms with van der Waals surface area (Å²) in [6.07, 6.45) is 0. The molecule has 0 aliphatic carbocycles. The molecule has 0 radical (unpaired) electrons. The van der Waals surface area contributed by atoms with Gasteiger partial charge in [0.1, 0.15) is 0 Å². The van der Waals surface area contributed by atoms with E-state index in [-0.39, 0.29) is 0 Å². The third kappa shape index (κ3) is 3.13. The lowest BCUT2D eigenvalue weighted by atomic mass is 10.1. The lowest BCUT2D eigenvalue weighted by Gasteiger charge is -2.29. The van der Waals surface area contributed by atoms with Gasteiger partial charge in [-0.2, -0.15) is 0 Å². The smallest absolute Gasteiger partial charge is 0.0432 e. The number of para-hydroxylation sites is 1. The summed E-state index contributed by atoms with van der Waals surface area (Å²) in [6.45, 7) is 7.56. The molecule has 1 nitrogen and oxygen atoms in total. The molecule has 0 aliphatic rings. The first-order valence-electron chi connectivity index (χ1n) is 6.54. The lowest BCUT2D eigenvalue weighted by molar-refractivity contribution is 0.682. The highest BCUT2D eigenvalue weighted by molar-refractivity contribution is 5.47. The molecule has 0 amide bonds. The van der Waals surface area contributed by atoms with Crippen LogP contribution in [0.2, 0.25) is 0 Å². The second kappa shape index (κ2) is 5.72. The first-order chi connectivity index (χ1) is 8.66. The van der Waals surface area contributed by atoms with Crippen LogP contribution in [0.5, 0.6) is 0 Å². The summed E-state index contributed by atoms with van der Waals surface area (Å²) < 4.78 is 0. The SMILES string of the molecule is Cc1ccc(CN(c2ccccc2)C(C)C)cc1. The summed E-state index contributed by atoms with van der Waals surface area (Å²) >= 11 is 0. The highest BCUT2D eigenvalue weighted by Gasteiger charge is 2.10. The van der Waals surface area contributed by atoms with E-state index in [1.807, 2.05) is 0 Å². The first kappa shape index (κ1) is 12.7. The molecule has 2 aromatic rings. The molecule has 0 aliphatic heterocycles. The van der Waals surface area contributed by atoms with E-state index in [0.29, 0.717) is 6.04 Å². The van der Waals surface area contributed by atoms with E-state index in [0.717, 1.165) is 6.54 Å². The van der Waals surface area contributed by atoms with Gasteiger partial charge in [-0.05, 0) is 38.5 Å². The molecule has 0 heterocycles. The number of nitrogens with zero attached hydrogens (tertiary/aromatic N) is 1. The Morgan fingerprint density at radius 2 is 1.50 bits per heavy atom. The van der Waals surface area contributed by atoms with Crippen LogP contribution in [0.4, 0.5) is 5.69 Å². The van der Waals surface area contributed by atoms with E-state index in [2.05, 4.69) is 80.3 Å². The Hall–Kier alpha value is -1.76. The van der Waals surface area contributed by atoms with Crippen LogP contribution in [-0.4, -0.2) is 6.04 Å². The summed E-state index contributed by atoms with van der Waals surface area (Å²) in [4.78, 5) is 2.42. The second-order valence-corrected chi connectivity index (χ2v) is 5.04. The molecule has 0 fully saturated rings. The quantitative estimate of drug-likeness (QED) is 0.764. The Labute approximate surface area is 110 Å². The zero-order valence-electron chi connectivity index (χ0n) is 11.4. The van der Waals surface area contributed by atoms with Gasteiger partial charge in [0.25, 0.3) is 0 Å². The number of hydrogen-bond donors (Lipinski definition) is 0. The van der Waals surface area contributed by atoms with E-state index in [1.54, 1.807) is 0 Å². The van der Waals surface area contributed by atoms with Crippen LogP contribution >= 0.6 is 0 Å². The zero-order chi connectivity index (χ0) is 13.0. The normalized spacial score (nSPS) is 10.7. The fourth-order valence-electron chi connectivity index (χ4n) is 2.08. The highest BCUT2D eigenvalue weighted by atomic mass is 15.1. The third-order valence-electron chi connectivity index (χ3n) is 3.18. The van der Waals surface area contributed by atoms with Crippen molar-refractivity contribution in [3.8, 4) is 0 Å². The Bertz CT molecular complexity index is 471. The molecule has 0 bridgehead atoms. The van der Waals surface area contributed by atoms with Gasteiger partial charge >= 0.3 is 0 Å². The predicted octanol–water partition coefficient (Wildman–Crippen LogP) is 4.41. The predicted molar refractivity (Wildman–Crippen MR) is 78.9 cm³/mol. The lowest BCUT2D eigenvalue weighted by Crippen LogP contribution is -2.29. The fourth-order valence-corrected chi connectivity index (χ4v) is 2.08. The number of aryl methyl sites for hydroxylation is 1. The van der Waals surface area contributed by atoms with Crippen molar-refractivity contribution in [2.24, 2.45) is 0 Å². The van der Waals surface area contributed by atoms with Gasteiger partial charge in [0.15, 0.2) is 0 Å². The van der Waals surface area contributed by atoms with Crippen molar-refractivity contribution in [2.75, 3.05) is 4.90 Å². The number of hydrogen-bond acceptors (Lipinski definition) is 1. The number of benzene rings is 2. The number of anilines is 1. The summed E-state index contributed by atoms with van der Waals surface area (Å²) in [5.74, 6) is 0. The van der Waals surface area contributed by atoms with Gasteiger partial charge in [-0.15, -0.1) is 0 Å². The van der Waals surface area contributed by atoms with Crippen LogP contribution in [0.1, 0.15) is 25.0 Å². The average molecular weight is 239 g/mol. The molecule has 1 heteroatoms. The van der Waals surface area contributed by atoms with Crippen molar-refractivity contribution in [2.45, 2.75) is 33.4 Å². The highest BCUT2D eigenvalue weighted by Crippen LogP contribution is 2.19. The topological polar surface area (TPSA) is 3.24 Å². The number of rotatable bonds is 4. The molecule has 0 spiro atoms. The van der Waals surface area contributed by atoms with E-state index in [4.69, 9.17) is 0 Å². The van der Waals surface area contributed by atoms with Gasteiger partial charge in [0.2, 0.25) is 0 Å². The van der Waals surface area contributed by atoms with Crippen molar-refractivity contribution in [3.63, 3.8) is 0 Å². The van der Waals surface area contributed by atoms with E-state index < -0.39 is 0 Å². The maximum atomic E-state index is 2.42. The summed E-state index contributed by atoms with van der Waals surface area (Å²) in [7, 11) is 0. The molecular weight excluding hydrogens is 218 g/mol. The largest absolute Gasteiger partial charge is 0.365 e. The summed E-state index contributed by atoms with van der Waals surface area (Å²) in [6, 6.07) is 19.9. The van der Waals surface area contributed by atoms with Crippen molar-refractivity contribution in [3.05, 3.63) is 65.7 Å². The van der Waals surface area contributed by atoms with Crippen LogP contribution < -0.4 is 4.90 Å². The van der Waals surface area contributed by atoms with Crippen LogP contribution in [0.25, 0.3) is 0 Å². The minimum absolute atomic E-state index is 0.494. The molecule has 18 heavy (non-hydrogen) atoms. The maximum absolute atomic E-state index is 2.42. The van der Waals surface area contributed by atoms with Gasteiger partial charge in [0, 0.05) is 18.3 Å². The van der Waals surface area contributed by atoms with E-state index >= 15 is 0 Å². The molecule has 0 unspecified atom stereocenters. The molecule has 0 N–H and O–H groups in total. The molecule has 94 valence electrons. The maximum Gasteiger partial charge on any atom is 0.0432 e. The van der Waals surface area contributed by atoms with Crippen LogP contribution in [0.3, 0.4) is 0 Å². The van der Waals surface area contributed by atoms with Gasteiger partial charge in [-0.25, -0.2) is 0 Å². The molecular formula is C17H21N. The molecule has 2 rings (SSSR count). The minimum atomic E-state index is 0.494. The van der Waals surface area contributed by atoms with E-state index in [9.17, 15) is 0 Å². The van der Waals surface area contributed by atoms with Crippen LogP contribution in [0.15, 0.2) is 54.6 Å². The monoisotopic (exact) mass is 239 g/mol. The Kier molecular flexibility index (Phi) is 4.03. The Balaban J connectivity index is 2.19. The van der Waals surface area contributed by atoms with Crippen molar-refractivity contribution in [1.29, 1.82) is 0 Å². The van der Waals surface area contributed by atoms with Crippen molar-refractivity contribution in [1.82, 2.24) is 0 Å². The van der Waals surface area contributed by atoms with E-state index in [1.165, 1.54) is 16.8 Å². The van der Waals surface area contributed by atoms with Gasteiger partial charge in [0.05, 0.1) is 0 Å². The molecule has 0 saturated carbocycles. The zero-order valence-corrected chi connectivity index (χ0v) is 11.4. The Morgan fingerprint density at radius 3 is 2.06 bits per heavy atom. The standard InChI is InChI=1S/C17H21N/c1-14(2)18(17-7-5-4-6-8-17)13-16-11-9-15(3)10-12-16/h4-12,14H,13H2,1-3H3. The molecule has 2 aromatic carbocycles.